The van der Waals surface area contributed by atoms with E-state index in [0.717, 1.165) is 11.6 Å². The van der Waals surface area contributed by atoms with Crippen LogP contribution in [0.15, 0.2) is 36.9 Å². The van der Waals surface area contributed by atoms with E-state index in [9.17, 15) is 4.79 Å². The van der Waals surface area contributed by atoms with Gasteiger partial charge >= 0.3 is 5.97 Å². The first kappa shape index (κ1) is 10.0. The predicted octanol–water partition coefficient (Wildman–Crippen LogP) is 1.84. The standard InChI is InChI=1S/C11H9NO2/c1-2-11(13)14-10-5-3-9(4-6-10)7-8-12/h2-6H,1,7H2. The molecule has 1 aromatic rings. The van der Waals surface area contributed by atoms with Crippen LogP contribution >= 0.6 is 0 Å². The summed E-state index contributed by atoms with van der Waals surface area (Å²) in [4.78, 5) is 10.8. The summed E-state index contributed by atoms with van der Waals surface area (Å²) in [5.41, 5.74) is 0.894. The van der Waals surface area contributed by atoms with Crippen molar-refractivity contribution in [3.8, 4) is 11.8 Å². The zero-order chi connectivity index (χ0) is 10.4. The Balaban J connectivity index is 2.69. The summed E-state index contributed by atoms with van der Waals surface area (Å²) < 4.78 is 4.86. The van der Waals surface area contributed by atoms with Gasteiger partial charge in [0.1, 0.15) is 5.75 Å². The number of benzene rings is 1. The summed E-state index contributed by atoms with van der Waals surface area (Å²) >= 11 is 0. The summed E-state index contributed by atoms with van der Waals surface area (Å²) in [5.74, 6) is -0.0328. The van der Waals surface area contributed by atoms with Crippen molar-refractivity contribution in [1.82, 2.24) is 0 Å². The number of hydrogen-bond donors (Lipinski definition) is 0. The molecule has 14 heavy (non-hydrogen) atoms. The van der Waals surface area contributed by atoms with Crippen molar-refractivity contribution in [2.24, 2.45) is 0 Å². The van der Waals surface area contributed by atoms with Crippen LogP contribution in [0.2, 0.25) is 0 Å². The van der Waals surface area contributed by atoms with E-state index < -0.39 is 5.97 Å². The van der Waals surface area contributed by atoms with Gasteiger partial charge in [0.2, 0.25) is 0 Å². The lowest BCUT2D eigenvalue weighted by atomic mass is 10.2. The van der Waals surface area contributed by atoms with Gasteiger partial charge in [0.25, 0.3) is 0 Å². The van der Waals surface area contributed by atoms with Gasteiger partial charge in [0.15, 0.2) is 0 Å². The van der Waals surface area contributed by atoms with Gasteiger partial charge in [-0.3, -0.25) is 0 Å². The number of rotatable bonds is 3. The molecule has 0 aliphatic rings. The van der Waals surface area contributed by atoms with Gasteiger partial charge < -0.3 is 4.74 Å². The lowest BCUT2D eigenvalue weighted by Gasteiger charge is -2.01. The maximum atomic E-state index is 10.8. The summed E-state index contributed by atoms with van der Waals surface area (Å²) in [7, 11) is 0. The Labute approximate surface area is 82.2 Å². The van der Waals surface area contributed by atoms with E-state index in [1.807, 2.05) is 6.07 Å². The Kier molecular flexibility index (Phi) is 3.45. The van der Waals surface area contributed by atoms with Crippen molar-refractivity contribution in [1.29, 1.82) is 5.26 Å². The van der Waals surface area contributed by atoms with E-state index in [2.05, 4.69) is 6.58 Å². The van der Waals surface area contributed by atoms with E-state index in [4.69, 9.17) is 10.00 Å². The predicted molar refractivity (Wildman–Crippen MR) is 51.6 cm³/mol. The molecule has 0 fully saturated rings. The smallest absolute Gasteiger partial charge is 0.335 e. The van der Waals surface area contributed by atoms with Gasteiger partial charge in [-0.2, -0.15) is 5.26 Å². The highest BCUT2D eigenvalue weighted by molar-refractivity contribution is 5.83. The van der Waals surface area contributed by atoms with Gasteiger partial charge in [-0.05, 0) is 17.7 Å². The van der Waals surface area contributed by atoms with Gasteiger partial charge in [-0.25, -0.2) is 4.79 Å². The SMILES string of the molecule is C=CC(=O)Oc1ccc(CC#N)cc1. The van der Waals surface area contributed by atoms with E-state index in [0.29, 0.717) is 12.2 Å². The molecule has 0 aliphatic carbocycles. The highest BCUT2D eigenvalue weighted by atomic mass is 16.5. The molecular weight excluding hydrogens is 178 g/mol. The van der Waals surface area contributed by atoms with Crippen LogP contribution in [0.1, 0.15) is 5.56 Å². The summed E-state index contributed by atoms with van der Waals surface area (Å²) in [6.07, 6.45) is 1.46. The Morgan fingerprint density at radius 2 is 2.14 bits per heavy atom. The molecule has 0 saturated heterocycles. The lowest BCUT2D eigenvalue weighted by molar-refractivity contribution is -0.128. The third-order valence-electron chi connectivity index (χ3n) is 1.59. The van der Waals surface area contributed by atoms with Gasteiger partial charge in [-0.15, -0.1) is 0 Å². The Morgan fingerprint density at radius 3 is 2.64 bits per heavy atom. The van der Waals surface area contributed by atoms with Crippen LogP contribution < -0.4 is 4.74 Å². The molecule has 0 amide bonds. The van der Waals surface area contributed by atoms with Crippen LogP contribution in [0, 0.1) is 11.3 Å². The minimum atomic E-state index is -0.488. The first-order valence-corrected chi connectivity index (χ1v) is 4.06. The van der Waals surface area contributed by atoms with Crippen LogP contribution in [0.25, 0.3) is 0 Å². The molecule has 0 bridgehead atoms. The fraction of sp³-hybridized carbons (Fsp3) is 0.0909. The fourth-order valence-electron chi connectivity index (χ4n) is 0.924. The highest BCUT2D eigenvalue weighted by Gasteiger charge is 1.98. The second-order valence-corrected chi connectivity index (χ2v) is 2.60. The molecule has 0 unspecified atom stereocenters. The molecule has 0 aliphatic heterocycles. The van der Waals surface area contributed by atoms with Crippen LogP contribution in [-0.2, 0) is 11.2 Å². The van der Waals surface area contributed by atoms with E-state index >= 15 is 0 Å². The molecule has 0 heterocycles. The minimum Gasteiger partial charge on any atom is -0.423 e. The number of carbonyl (C=O) groups is 1. The van der Waals surface area contributed by atoms with Crippen molar-refractivity contribution in [2.75, 3.05) is 0 Å². The molecule has 1 aromatic carbocycles. The number of nitrogens with zero attached hydrogens (tertiary/aromatic N) is 1. The molecular formula is C11H9NO2. The minimum absolute atomic E-state index is 0.357. The Morgan fingerprint density at radius 1 is 1.50 bits per heavy atom. The summed E-state index contributed by atoms with van der Waals surface area (Å²) in [6, 6.07) is 8.82. The average molecular weight is 187 g/mol. The molecule has 70 valence electrons. The monoisotopic (exact) mass is 187 g/mol. The quantitative estimate of drug-likeness (QED) is 0.412. The van der Waals surface area contributed by atoms with Crippen LogP contribution in [0.4, 0.5) is 0 Å². The average Bonchev–Trinajstić information content (AvgIpc) is 2.21. The second-order valence-electron chi connectivity index (χ2n) is 2.60. The lowest BCUT2D eigenvalue weighted by Crippen LogP contribution is -2.02. The third kappa shape index (κ3) is 2.76. The first-order chi connectivity index (χ1) is 6.76. The second kappa shape index (κ2) is 4.83. The molecule has 0 aromatic heterocycles. The van der Waals surface area contributed by atoms with E-state index in [-0.39, 0.29) is 0 Å². The van der Waals surface area contributed by atoms with E-state index in [1.54, 1.807) is 24.3 Å². The molecule has 0 N–H and O–H groups in total. The zero-order valence-corrected chi connectivity index (χ0v) is 7.56. The van der Waals surface area contributed by atoms with E-state index in [1.165, 1.54) is 0 Å². The molecule has 0 radical (unpaired) electrons. The number of esters is 1. The maximum absolute atomic E-state index is 10.8. The van der Waals surface area contributed by atoms with Gasteiger partial charge in [0.05, 0.1) is 12.5 Å². The first-order valence-electron chi connectivity index (χ1n) is 4.06. The van der Waals surface area contributed by atoms with Crippen LogP contribution in [-0.4, -0.2) is 5.97 Å². The van der Waals surface area contributed by atoms with Crippen molar-refractivity contribution in [3.05, 3.63) is 42.5 Å². The van der Waals surface area contributed by atoms with Crippen LogP contribution in [0.3, 0.4) is 0 Å². The fourth-order valence-corrected chi connectivity index (χ4v) is 0.924. The number of nitriles is 1. The molecule has 0 atom stereocenters. The van der Waals surface area contributed by atoms with Gasteiger partial charge in [0, 0.05) is 6.08 Å². The molecule has 0 spiro atoms. The van der Waals surface area contributed by atoms with Crippen molar-refractivity contribution >= 4 is 5.97 Å². The molecule has 1 rings (SSSR count). The topological polar surface area (TPSA) is 50.1 Å². The number of hydrogen-bond acceptors (Lipinski definition) is 3. The van der Waals surface area contributed by atoms with Crippen molar-refractivity contribution in [3.63, 3.8) is 0 Å². The summed E-state index contributed by atoms with van der Waals surface area (Å²) in [6.45, 7) is 3.29. The molecule has 0 saturated carbocycles. The van der Waals surface area contributed by atoms with Crippen molar-refractivity contribution in [2.45, 2.75) is 6.42 Å². The normalized spacial score (nSPS) is 8.79. The Hall–Kier alpha value is -2.08. The highest BCUT2D eigenvalue weighted by Crippen LogP contribution is 2.12. The summed E-state index contributed by atoms with van der Waals surface area (Å²) in [5, 5.41) is 8.42. The molecule has 3 heteroatoms. The number of ether oxygens (including phenoxy) is 1. The largest absolute Gasteiger partial charge is 0.423 e. The third-order valence-corrected chi connectivity index (χ3v) is 1.59. The zero-order valence-electron chi connectivity index (χ0n) is 7.56. The maximum Gasteiger partial charge on any atom is 0.335 e. The van der Waals surface area contributed by atoms with Crippen LogP contribution in [0.5, 0.6) is 5.75 Å². The number of carbonyl (C=O) groups excluding carboxylic acids is 1. The molecule has 3 nitrogen and oxygen atoms in total. The Bertz CT molecular complexity index is 373. The van der Waals surface area contributed by atoms with Crippen molar-refractivity contribution < 1.29 is 9.53 Å². The van der Waals surface area contributed by atoms with Gasteiger partial charge in [-0.1, -0.05) is 18.7 Å².